The number of aliphatic hydroxyl groups excluding tert-OH is 6. The molecule has 0 aliphatic carbocycles. The molecule has 6 aromatic rings. The van der Waals surface area contributed by atoms with Crippen molar-refractivity contribution in [2.45, 2.75) is 163 Å². The van der Waals surface area contributed by atoms with E-state index in [1.54, 1.807) is 11.9 Å². The molecule has 9 aliphatic heterocycles. The number of piperazine rings is 1. The van der Waals surface area contributed by atoms with Crippen LogP contribution in [0.1, 0.15) is 105 Å². The lowest BCUT2D eigenvalue weighted by Gasteiger charge is -2.48. The summed E-state index contributed by atoms with van der Waals surface area (Å²) in [5.74, 6) is -15.9. The molecule has 9 heterocycles. The van der Waals surface area contributed by atoms with Gasteiger partial charge in [-0.05, 0) is 140 Å². The van der Waals surface area contributed by atoms with Gasteiger partial charge in [-0.25, -0.2) is 15.3 Å². The van der Waals surface area contributed by atoms with Gasteiger partial charge in [0.1, 0.15) is 101 Å². The molecule has 47 heteroatoms. The standard InChI is InChI=1S/C86H104Cl2F3N15O27/c1-39(2)28-52(93-5)76(117)100-67-69(112)42-7-14-56(50(87)30-42)128-58-32-44-33-59(73(58)132-83-74(72(115)71(114)60(38-107)130-83)131-62-37-85(4,75(116)40(3)127-62)94-16-17-104-18-20-106(21-19-104)102-84(124)95-45-9-11-47(12-10-45)133-86(89,90)91)129-57-15-8-43(31-51(57)88)70(113)68-81(122)99-66(82(123)103-126-27-24-105-22-25-125-26-23-105)49-34-46(108)35-55(110)63(49)48-29-41(6-13-54(48)109)64(78(119)101-68)98-79(120)65(44)97-77(118)53(36-61(92)111)96-80(67)121/h6-15,29-35,39-40,52-53,60,62,64-72,74-75,83,93-94,107-110,112-116H,16-28,36-38H2,1-5H3,(H2,92,111)(H,96,121)(H,97,118)(H,98,120)(H,99,122)(H,100,117)(H,101,119)(H,103,123)(H2,95,102,124)/t40?,52?,53?,60?,62?,64?,65?,66-,67?,68?,69?,70?,71?,72?,74?,75?,83?,85-/m1/s1. The molecule has 22 N–H and O–H groups in total. The second-order valence-corrected chi connectivity index (χ2v) is 34.3. The lowest BCUT2D eigenvalue weighted by molar-refractivity contribution is -0.334. The van der Waals surface area contributed by atoms with E-state index in [9.17, 15) is 78.3 Å². The van der Waals surface area contributed by atoms with Gasteiger partial charge in [0.25, 0.3) is 5.91 Å². The first kappa shape index (κ1) is 99.2. The Kier molecular flexibility index (Phi) is 32.0. The van der Waals surface area contributed by atoms with Gasteiger partial charge >= 0.3 is 12.4 Å². The third kappa shape index (κ3) is 24.1. The van der Waals surface area contributed by atoms with Crippen molar-refractivity contribution in [3.05, 3.63) is 141 Å². The lowest BCUT2D eigenvalue weighted by atomic mass is 9.85. The monoisotopic (exact) mass is 1910 g/mol. The maximum absolute atomic E-state index is 16.4. The van der Waals surface area contributed by atoms with Gasteiger partial charge in [0.05, 0.1) is 61.1 Å². The van der Waals surface area contributed by atoms with E-state index in [0.29, 0.717) is 59.0 Å². The molecule has 0 saturated carbocycles. The van der Waals surface area contributed by atoms with Gasteiger partial charge in [0.2, 0.25) is 53.4 Å². The van der Waals surface area contributed by atoms with Gasteiger partial charge < -0.3 is 137 Å². The summed E-state index contributed by atoms with van der Waals surface area (Å²) >= 11 is 14.4. The minimum Gasteiger partial charge on any atom is -0.508 e. The van der Waals surface area contributed by atoms with Gasteiger partial charge in [0, 0.05) is 93.7 Å². The van der Waals surface area contributed by atoms with Crippen molar-refractivity contribution in [3.8, 4) is 62.9 Å². The number of fused-ring (bicyclic) bond motifs is 15. The quantitative estimate of drug-likeness (QED) is 0.0300. The predicted octanol–water partition coefficient (Wildman–Crippen LogP) is 1.29. The number of likely N-dealkylation sites (N-methyl/N-ethyl adjacent to an activating group) is 1. The topological polar surface area (TPSA) is 587 Å². The minimum absolute atomic E-state index is 0.127. The normalized spacial score (nSPS) is 27.0. The summed E-state index contributed by atoms with van der Waals surface area (Å²) in [6.07, 6.45) is -24.1. The number of morpholine rings is 1. The van der Waals surface area contributed by atoms with Crippen molar-refractivity contribution >= 4 is 82.2 Å². The van der Waals surface area contributed by atoms with Crippen LogP contribution in [0.3, 0.4) is 0 Å². The Hall–Kier alpha value is -11.3. The Morgan fingerprint density at radius 1 is 0.692 bits per heavy atom. The molecule has 0 spiro atoms. The molecule has 4 fully saturated rings. The van der Waals surface area contributed by atoms with Crippen molar-refractivity contribution < 1.29 is 145 Å². The number of rotatable bonds is 24. The fraction of sp³-hybridized carbons (Fsp3) is 0.477. The number of phenolic OH excluding ortho intramolecular Hbond substituents is 3. The maximum Gasteiger partial charge on any atom is 0.573 e. The number of hydrazine groups is 1. The van der Waals surface area contributed by atoms with E-state index < -0.39 is 260 Å². The number of hydrogen-bond donors (Lipinski definition) is 21. The molecule has 15 rings (SSSR count). The molecule has 4 saturated heterocycles. The summed E-state index contributed by atoms with van der Waals surface area (Å²) < 4.78 is 87.3. The van der Waals surface area contributed by atoms with Gasteiger partial charge in [0.15, 0.2) is 23.9 Å². The van der Waals surface area contributed by atoms with Crippen LogP contribution in [-0.2, 0) is 62.1 Å². The molecule has 10 amide bonds. The minimum atomic E-state index is -4.91. The van der Waals surface area contributed by atoms with Crippen molar-refractivity contribution in [2.75, 3.05) is 97.7 Å². The molecule has 18 atom stereocenters. The fourth-order valence-electron chi connectivity index (χ4n) is 16.5. The molecule has 0 radical (unpaired) electrons. The second-order valence-electron chi connectivity index (χ2n) is 33.5. The summed E-state index contributed by atoms with van der Waals surface area (Å²) in [5.41, 5.74) is 7.05. The van der Waals surface area contributed by atoms with E-state index in [2.05, 4.69) is 68.4 Å². The number of phenols is 3. The first-order valence-corrected chi connectivity index (χ1v) is 43.3. The number of amides is 10. The first-order valence-electron chi connectivity index (χ1n) is 42.5. The number of aliphatic hydroxyl groups is 6. The van der Waals surface area contributed by atoms with Crippen LogP contribution in [0.5, 0.6) is 51.7 Å². The number of nitrogens with two attached hydrogens (primary N) is 1. The zero-order valence-electron chi connectivity index (χ0n) is 72.2. The molecular formula is C86H104Cl2F3N15O27. The van der Waals surface area contributed by atoms with E-state index >= 15 is 24.0 Å². The van der Waals surface area contributed by atoms with Gasteiger partial charge in [-0.2, -0.15) is 0 Å². The van der Waals surface area contributed by atoms with Crippen LogP contribution in [0.15, 0.2) is 103 Å². The van der Waals surface area contributed by atoms with Crippen molar-refractivity contribution in [2.24, 2.45) is 11.7 Å². The molecule has 6 aromatic carbocycles. The maximum atomic E-state index is 16.4. The number of ether oxygens (including phenoxy) is 8. The van der Waals surface area contributed by atoms with Gasteiger partial charge in [-0.3, -0.25) is 58.4 Å². The number of carbonyl (C=O) groups is 9. The highest BCUT2D eigenvalue weighted by atomic mass is 35.5. The summed E-state index contributed by atoms with van der Waals surface area (Å²) in [4.78, 5) is 144. The number of aromatic hydroxyl groups is 3. The number of primary amides is 1. The smallest absolute Gasteiger partial charge is 0.508 e. The Morgan fingerprint density at radius 3 is 1.95 bits per heavy atom. The highest BCUT2D eigenvalue weighted by Crippen LogP contribution is 2.50. The molecule has 11 bridgehead atoms. The van der Waals surface area contributed by atoms with Crippen LogP contribution < -0.4 is 83.4 Å². The number of nitrogens with one attached hydrogen (secondary N) is 11. The largest absolute Gasteiger partial charge is 0.573 e. The van der Waals surface area contributed by atoms with Crippen molar-refractivity contribution in [3.63, 3.8) is 0 Å². The first-order chi connectivity index (χ1) is 63.2. The van der Waals surface area contributed by atoms with E-state index in [-0.39, 0.29) is 66.6 Å². The van der Waals surface area contributed by atoms with Crippen molar-refractivity contribution in [1.82, 2.24) is 68.2 Å². The van der Waals surface area contributed by atoms with E-state index in [0.717, 1.165) is 72.8 Å². The van der Waals surface area contributed by atoms with Crippen LogP contribution >= 0.6 is 23.2 Å². The summed E-state index contributed by atoms with van der Waals surface area (Å²) in [6.45, 7) is 9.97. The number of halogens is 5. The van der Waals surface area contributed by atoms with E-state index in [1.807, 2.05) is 18.7 Å². The fourth-order valence-corrected chi connectivity index (χ4v) is 16.9. The van der Waals surface area contributed by atoms with Crippen molar-refractivity contribution in [1.29, 1.82) is 0 Å². The third-order valence-electron chi connectivity index (χ3n) is 23.5. The van der Waals surface area contributed by atoms with Crippen LogP contribution in [0.2, 0.25) is 10.0 Å². The molecule has 720 valence electrons. The summed E-state index contributed by atoms with van der Waals surface area (Å²) in [7, 11) is 1.47. The van der Waals surface area contributed by atoms with Crippen LogP contribution in [0, 0.1) is 5.92 Å². The Balaban J connectivity index is 0.901. The summed E-state index contributed by atoms with van der Waals surface area (Å²) in [6, 6.07) is 3.54. The molecule has 16 unspecified atom stereocenters. The Labute approximate surface area is 767 Å². The number of benzene rings is 6. The predicted molar refractivity (Wildman–Crippen MR) is 460 cm³/mol. The number of hydrogen-bond acceptors (Lipinski definition) is 32. The zero-order chi connectivity index (χ0) is 95.8. The van der Waals surface area contributed by atoms with Gasteiger partial charge in [-0.1, -0.05) is 55.2 Å². The van der Waals surface area contributed by atoms with Crippen LogP contribution in [0.25, 0.3) is 11.1 Å². The SMILES string of the molecule is CNC(CC(C)C)C(=O)NC1C(=O)NC(CC(N)=O)C(=O)NC2C(=O)NC3C(=O)NC(C(=O)N[C@@H](C(=O)NOCCN4CCOCC4)c4cc(O)cc(O)c4-c4cc3ccc4O)C(O)c3ccc(c(Cl)c3)Oc3cc2cc(c3OC2OC(CO)C(O)C(O)C2OC2C[C@@](C)(NCCN3CCN(NC(=O)Nc4ccc(OC(F)(F)F)cc4)CC3)C(O)C(C)O2)Oc2ccc(cc2Cl)C1O. The Bertz CT molecular complexity index is 5260. The number of nitrogens with zero attached hydrogens (tertiary/aromatic N) is 3. The van der Waals surface area contributed by atoms with E-state index in [4.69, 9.17) is 66.9 Å². The Morgan fingerprint density at radius 2 is 1.32 bits per heavy atom. The van der Waals surface area contributed by atoms with Gasteiger partial charge in [-0.15, -0.1) is 13.2 Å². The summed E-state index contributed by atoms with van der Waals surface area (Å²) in [5, 5.41) is 132. The number of alkyl halides is 3. The number of hydroxylamine groups is 1. The highest BCUT2D eigenvalue weighted by Gasteiger charge is 2.53. The highest BCUT2D eigenvalue weighted by molar-refractivity contribution is 6.32. The molecular weight excluding hydrogens is 1800 g/mol. The third-order valence-corrected chi connectivity index (χ3v) is 24.1. The number of anilines is 1. The average Bonchev–Trinajstić information content (AvgIpc) is 0.763. The molecule has 0 aromatic heterocycles. The second kappa shape index (κ2) is 42.9. The molecule has 42 nitrogen and oxygen atoms in total. The van der Waals surface area contributed by atoms with Crippen LogP contribution in [-0.4, -0.2) is 292 Å². The lowest BCUT2D eigenvalue weighted by Crippen LogP contribution is -2.66. The average molecular weight is 1910 g/mol. The molecule has 9 aliphatic rings. The van der Waals surface area contributed by atoms with Crippen LogP contribution in [0.4, 0.5) is 23.7 Å². The number of carbonyl (C=O) groups excluding carboxylic acids is 9. The number of urea groups is 1. The zero-order valence-corrected chi connectivity index (χ0v) is 73.7. The molecule has 133 heavy (non-hydrogen) atoms. The van der Waals surface area contributed by atoms with E-state index in [1.165, 1.54) is 44.3 Å².